The smallest absolute Gasteiger partial charge is 0.241 e. The van der Waals surface area contributed by atoms with E-state index >= 15 is 0 Å². The normalized spacial score (nSPS) is 12.8. The standard InChI is InChI=1S/C16H27N3O/c1-12(2)8-9-19(4)13(3)16(20)18-15-7-5-6-14(10-15)11-17/h5-7,10,12-13H,8-9,11,17H2,1-4H3,(H,18,20). The number of nitrogens with zero attached hydrogens (tertiary/aromatic N) is 1. The van der Waals surface area contributed by atoms with Crippen LogP contribution < -0.4 is 11.1 Å². The molecular formula is C16H27N3O. The van der Waals surface area contributed by atoms with Crippen LogP contribution in [0.2, 0.25) is 0 Å². The molecule has 0 spiro atoms. The third kappa shape index (κ3) is 5.31. The molecule has 0 aliphatic rings. The number of nitrogens with one attached hydrogen (secondary N) is 1. The number of hydrogen-bond acceptors (Lipinski definition) is 3. The first-order chi connectivity index (χ1) is 9.43. The van der Waals surface area contributed by atoms with Crippen molar-refractivity contribution in [2.45, 2.75) is 39.8 Å². The second-order valence-corrected chi connectivity index (χ2v) is 5.73. The molecule has 1 aromatic carbocycles. The van der Waals surface area contributed by atoms with Gasteiger partial charge in [-0.25, -0.2) is 0 Å². The molecule has 0 saturated carbocycles. The van der Waals surface area contributed by atoms with Crippen LogP contribution in [0.3, 0.4) is 0 Å². The Morgan fingerprint density at radius 3 is 2.65 bits per heavy atom. The SMILES string of the molecule is CC(C)CCN(C)C(C)C(=O)Nc1cccc(CN)c1. The average Bonchev–Trinajstić information content (AvgIpc) is 2.43. The fourth-order valence-electron chi connectivity index (χ4n) is 1.88. The van der Waals surface area contributed by atoms with E-state index < -0.39 is 0 Å². The molecule has 20 heavy (non-hydrogen) atoms. The molecule has 1 rings (SSSR count). The van der Waals surface area contributed by atoms with Crippen molar-refractivity contribution in [2.24, 2.45) is 11.7 Å². The third-order valence-electron chi connectivity index (χ3n) is 3.53. The zero-order chi connectivity index (χ0) is 15.1. The van der Waals surface area contributed by atoms with Crippen LogP contribution in [-0.2, 0) is 11.3 Å². The summed E-state index contributed by atoms with van der Waals surface area (Å²) >= 11 is 0. The Morgan fingerprint density at radius 1 is 1.35 bits per heavy atom. The summed E-state index contributed by atoms with van der Waals surface area (Å²) in [5.41, 5.74) is 7.43. The summed E-state index contributed by atoms with van der Waals surface area (Å²) in [6.45, 7) is 7.72. The van der Waals surface area contributed by atoms with Gasteiger partial charge in [0.05, 0.1) is 6.04 Å². The quantitative estimate of drug-likeness (QED) is 0.805. The number of carbonyl (C=O) groups is 1. The lowest BCUT2D eigenvalue weighted by molar-refractivity contribution is -0.120. The summed E-state index contributed by atoms with van der Waals surface area (Å²) < 4.78 is 0. The summed E-state index contributed by atoms with van der Waals surface area (Å²) in [7, 11) is 1.99. The van der Waals surface area contributed by atoms with Gasteiger partial charge in [-0.15, -0.1) is 0 Å². The molecule has 4 heteroatoms. The molecule has 0 bridgehead atoms. The van der Waals surface area contributed by atoms with Gasteiger partial charge in [0.1, 0.15) is 0 Å². The van der Waals surface area contributed by atoms with Crippen molar-refractivity contribution in [1.82, 2.24) is 4.90 Å². The summed E-state index contributed by atoms with van der Waals surface area (Å²) in [4.78, 5) is 14.3. The summed E-state index contributed by atoms with van der Waals surface area (Å²) in [6.07, 6.45) is 1.09. The second-order valence-electron chi connectivity index (χ2n) is 5.73. The van der Waals surface area contributed by atoms with Crippen molar-refractivity contribution in [2.75, 3.05) is 18.9 Å². The predicted molar refractivity (Wildman–Crippen MR) is 84.5 cm³/mol. The number of benzene rings is 1. The Balaban J connectivity index is 2.56. The van der Waals surface area contributed by atoms with E-state index in [-0.39, 0.29) is 11.9 Å². The Morgan fingerprint density at radius 2 is 2.05 bits per heavy atom. The highest BCUT2D eigenvalue weighted by Gasteiger charge is 2.18. The van der Waals surface area contributed by atoms with Gasteiger partial charge in [-0.2, -0.15) is 0 Å². The van der Waals surface area contributed by atoms with E-state index in [1.165, 1.54) is 0 Å². The first-order valence-electron chi connectivity index (χ1n) is 7.24. The van der Waals surface area contributed by atoms with Gasteiger partial charge in [-0.05, 0) is 50.6 Å². The minimum atomic E-state index is -0.143. The Labute approximate surface area is 122 Å². The molecule has 0 aliphatic heterocycles. The van der Waals surface area contributed by atoms with Crippen LogP contribution in [-0.4, -0.2) is 30.4 Å². The second kappa shape index (κ2) is 8.02. The van der Waals surface area contributed by atoms with Gasteiger partial charge in [-0.1, -0.05) is 26.0 Å². The van der Waals surface area contributed by atoms with Crippen molar-refractivity contribution < 1.29 is 4.79 Å². The predicted octanol–water partition coefficient (Wildman–Crippen LogP) is 2.45. The van der Waals surface area contributed by atoms with Crippen molar-refractivity contribution in [3.63, 3.8) is 0 Å². The van der Waals surface area contributed by atoms with Crippen LogP contribution in [0.1, 0.15) is 32.8 Å². The minimum Gasteiger partial charge on any atom is -0.326 e. The van der Waals surface area contributed by atoms with E-state index in [2.05, 4.69) is 24.1 Å². The molecule has 112 valence electrons. The van der Waals surface area contributed by atoms with E-state index in [1.54, 1.807) is 0 Å². The first kappa shape index (κ1) is 16.7. The zero-order valence-corrected chi connectivity index (χ0v) is 13.0. The van der Waals surface area contributed by atoms with Gasteiger partial charge in [0.15, 0.2) is 0 Å². The molecule has 0 saturated heterocycles. The van der Waals surface area contributed by atoms with Gasteiger partial charge >= 0.3 is 0 Å². The van der Waals surface area contributed by atoms with E-state index in [4.69, 9.17) is 5.73 Å². The number of hydrogen-bond donors (Lipinski definition) is 2. The van der Waals surface area contributed by atoms with Crippen molar-refractivity contribution in [3.05, 3.63) is 29.8 Å². The highest BCUT2D eigenvalue weighted by atomic mass is 16.2. The average molecular weight is 277 g/mol. The highest BCUT2D eigenvalue weighted by molar-refractivity contribution is 5.94. The van der Waals surface area contributed by atoms with Gasteiger partial charge in [0.25, 0.3) is 0 Å². The maximum absolute atomic E-state index is 12.2. The molecule has 1 aromatic rings. The lowest BCUT2D eigenvalue weighted by Crippen LogP contribution is -2.40. The number of amides is 1. The molecule has 0 aliphatic carbocycles. The molecule has 1 unspecified atom stereocenters. The van der Waals surface area contributed by atoms with Crippen LogP contribution in [0.25, 0.3) is 0 Å². The van der Waals surface area contributed by atoms with Crippen molar-refractivity contribution >= 4 is 11.6 Å². The number of rotatable bonds is 7. The lowest BCUT2D eigenvalue weighted by atomic mass is 10.1. The molecule has 0 heterocycles. The maximum atomic E-state index is 12.2. The van der Waals surface area contributed by atoms with Gasteiger partial charge < -0.3 is 11.1 Å². The number of anilines is 1. The van der Waals surface area contributed by atoms with Crippen molar-refractivity contribution in [3.8, 4) is 0 Å². The highest BCUT2D eigenvalue weighted by Crippen LogP contribution is 2.12. The van der Waals surface area contributed by atoms with Crippen LogP contribution in [0.15, 0.2) is 24.3 Å². The maximum Gasteiger partial charge on any atom is 0.241 e. The molecular weight excluding hydrogens is 250 g/mol. The largest absolute Gasteiger partial charge is 0.326 e. The topological polar surface area (TPSA) is 58.4 Å². The molecule has 4 nitrogen and oxygen atoms in total. The molecule has 0 aromatic heterocycles. The molecule has 3 N–H and O–H groups in total. The van der Waals surface area contributed by atoms with E-state index in [0.29, 0.717) is 12.5 Å². The van der Waals surface area contributed by atoms with Crippen LogP contribution in [0.4, 0.5) is 5.69 Å². The lowest BCUT2D eigenvalue weighted by Gasteiger charge is -2.24. The number of likely N-dealkylation sites (N-methyl/N-ethyl adjacent to an activating group) is 1. The third-order valence-corrected chi connectivity index (χ3v) is 3.53. The Hall–Kier alpha value is -1.39. The van der Waals surface area contributed by atoms with E-state index in [0.717, 1.165) is 24.2 Å². The van der Waals surface area contributed by atoms with Crippen molar-refractivity contribution in [1.29, 1.82) is 0 Å². The van der Waals surface area contributed by atoms with Crippen LogP contribution in [0, 0.1) is 5.92 Å². The molecule has 0 fully saturated rings. The van der Waals surface area contributed by atoms with Crippen LogP contribution >= 0.6 is 0 Å². The molecule has 1 amide bonds. The molecule has 1 atom stereocenters. The molecule has 0 radical (unpaired) electrons. The minimum absolute atomic E-state index is 0.0189. The van der Waals surface area contributed by atoms with Gasteiger partial charge in [-0.3, -0.25) is 9.69 Å². The zero-order valence-electron chi connectivity index (χ0n) is 13.0. The number of carbonyl (C=O) groups excluding carboxylic acids is 1. The van der Waals surface area contributed by atoms with E-state index in [1.807, 2.05) is 38.2 Å². The fourth-order valence-corrected chi connectivity index (χ4v) is 1.88. The number of nitrogens with two attached hydrogens (primary N) is 1. The Kier molecular flexibility index (Phi) is 6.68. The fraction of sp³-hybridized carbons (Fsp3) is 0.562. The summed E-state index contributed by atoms with van der Waals surface area (Å²) in [6, 6.07) is 7.52. The van der Waals surface area contributed by atoms with Crippen LogP contribution in [0.5, 0.6) is 0 Å². The first-order valence-corrected chi connectivity index (χ1v) is 7.24. The summed E-state index contributed by atoms with van der Waals surface area (Å²) in [5, 5.41) is 2.95. The monoisotopic (exact) mass is 277 g/mol. The van der Waals surface area contributed by atoms with Gasteiger partial charge in [0, 0.05) is 12.2 Å². The van der Waals surface area contributed by atoms with Gasteiger partial charge in [0.2, 0.25) is 5.91 Å². The van der Waals surface area contributed by atoms with E-state index in [9.17, 15) is 4.79 Å². The Bertz CT molecular complexity index is 431. The summed E-state index contributed by atoms with van der Waals surface area (Å²) in [5.74, 6) is 0.666.